The fraction of sp³-hybridized carbons (Fsp3) is 0.865. The number of hydrogen-bond donors (Lipinski definition) is 4. The summed E-state index contributed by atoms with van der Waals surface area (Å²) in [5, 5.41) is 40.2. The van der Waals surface area contributed by atoms with E-state index in [4.69, 9.17) is 18.9 Å². The Morgan fingerprint density at radius 3 is 1.44 bits per heavy atom. The summed E-state index contributed by atoms with van der Waals surface area (Å²) in [5.41, 5.74) is 0. The van der Waals surface area contributed by atoms with Gasteiger partial charge in [0.05, 0.1) is 19.8 Å². The molecule has 1 aliphatic rings. The van der Waals surface area contributed by atoms with Crippen LogP contribution in [-0.4, -0.2) is 89.6 Å². The standard InChI is InChI=1S/C52H96O9/c1-3-5-7-9-11-13-15-17-19-21-22-23-24-25-27-29-31-33-35-37-39-41-48(54)60-46(45-59-52-51(57)50(56)49(55)47(43-53)61-52)44-58-42-40-38-36-34-32-30-28-26-20-18-16-14-12-10-8-6-4-2/h14,16,20-22,26,46-47,49-53,55-57H,3-13,15,17-19,23-25,27-45H2,1-2H3/b16-14-,22-21-,26-20-. The summed E-state index contributed by atoms with van der Waals surface area (Å²) in [6.07, 6.45) is 46.0. The molecular weight excluding hydrogens is 769 g/mol. The van der Waals surface area contributed by atoms with Crippen LogP contribution in [0.1, 0.15) is 226 Å². The molecule has 0 aromatic rings. The number of esters is 1. The van der Waals surface area contributed by atoms with Gasteiger partial charge in [-0.3, -0.25) is 4.79 Å². The fourth-order valence-electron chi connectivity index (χ4n) is 7.75. The van der Waals surface area contributed by atoms with E-state index in [0.717, 1.165) is 51.4 Å². The summed E-state index contributed by atoms with van der Waals surface area (Å²) in [6, 6.07) is 0. The van der Waals surface area contributed by atoms with E-state index in [1.807, 2.05) is 0 Å². The highest BCUT2D eigenvalue weighted by molar-refractivity contribution is 5.69. The first-order chi connectivity index (χ1) is 29.9. The summed E-state index contributed by atoms with van der Waals surface area (Å²) >= 11 is 0. The molecule has 1 saturated heterocycles. The van der Waals surface area contributed by atoms with Crippen molar-refractivity contribution in [2.75, 3.05) is 26.4 Å². The molecule has 0 aliphatic carbocycles. The molecule has 9 heteroatoms. The molecule has 0 saturated carbocycles. The second-order valence-electron chi connectivity index (χ2n) is 17.6. The highest BCUT2D eigenvalue weighted by atomic mass is 16.7. The number of carbonyl (C=O) groups excluding carboxylic acids is 1. The molecule has 0 radical (unpaired) electrons. The van der Waals surface area contributed by atoms with Crippen molar-refractivity contribution in [2.45, 2.75) is 263 Å². The van der Waals surface area contributed by atoms with Gasteiger partial charge in [-0.1, -0.05) is 185 Å². The quantitative estimate of drug-likeness (QED) is 0.0268. The third-order valence-electron chi connectivity index (χ3n) is 11.8. The Bertz CT molecular complexity index is 1030. The Balaban J connectivity index is 2.21. The molecule has 1 rings (SSSR count). The molecule has 1 fully saturated rings. The van der Waals surface area contributed by atoms with Gasteiger partial charge in [0, 0.05) is 13.0 Å². The maximum atomic E-state index is 12.8. The zero-order chi connectivity index (χ0) is 44.3. The third kappa shape index (κ3) is 34.5. The average molecular weight is 865 g/mol. The van der Waals surface area contributed by atoms with Gasteiger partial charge in [-0.15, -0.1) is 0 Å². The minimum Gasteiger partial charge on any atom is -0.457 e. The molecule has 6 atom stereocenters. The lowest BCUT2D eigenvalue weighted by Crippen LogP contribution is -2.59. The number of rotatable bonds is 44. The maximum absolute atomic E-state index is 12.8. The lowest BCUT2D eigenvalue weighted by atomic mass is 9.99. The molecule has 6 unspecified atom stereocenters. The van der Waals surface area contributed by atoms with E-state index in [-0.39, 0.29) is 19.2 Å². The second-order valence-corrected chi connectivity index (χ2v) is 17.6. The molecule has 61 heavy (non-hydrogen) atoms. The number of ether oxygens (including phenoxy) is 4. The van der Waals surface area contributed by atoms with Gasteiger partial charge in [0.25, 0.3) is 0 Å². The first-order valence-electron chi connectivity index (χ1n) is 25.6. The monoisotopic (exact) mass is 865 g/mol. The van der Waals surface area contributed by atoms with Gasteiger partial charge in [0.1, 0.15) is 30.5 Å². The molecule has 358 valence electrons. The minimum absolute atomic E-state index is 0.117. The summed E-state index contributed by atoms with van der Waals surface area (Å²) in [5.74, 6) is -0.318. The summed E-state index contributed by atoms with van der Waals surface area (Å²) < 4.78 is 22.9. The van der Waals surface area contributed by atoms with E-state index in [1.165, 1.54) is 154 Å². The smallest absolute Gasteiger partial charge is 0.306 e. The normalized spacial score (nSPS) is 20.1. The van der Waals surface area contributed by atoms with Crippen molar-refractivity contribution in [2.24, 2.45) is 0 Å². The highest BCUT2D eigenvalue weighted by Gasteiger charge is 2.44. The van der Waals surface area contributed by atoms with Gasteiger partial charge >= 0.3 is 5.97 Å². The zero-order valence-electron chi connectivity index (χ0n) is 39.4. The molecule has 0 aromatic heterocycles. The van der Waals surface area contributed by atoms with Crippen molar-refractivity contribution in [3.05, 3.63) is 36.5 Å². The predicted octanol–water partition coefficient (Wildman–Crippen LogP) is 12.3. The molecule has 0 aromatic carbocycles. The van der Waals surface area contributed by atoms with Crippen molar-refractivity contribution in [1.29, 1.82) is 0 Å². The van der Waals surface area contributed by atoms with E-state index in [2.05, 4.69) is 50.3 Å². The molecule has 0 amide bonds. The number of hydrogen-bond acceptors (Lipinski definition) is 9. The fourth-order valence-corrected chi connectivity index (χ4v) is 7.75. The Kier molecular flexibility index (Phi) is 41.1. The van der Waals surface area contributed by atoms with Crippen LogP contribution in [0.3, 0.4) is 0 Å². The first-order valence-corrected chi connectivity index (χ1v) is 25.6. The summed E-state index contributed by atoms with van der Waals surface area (Å²) in [6.45, 7) is 4.54. The van der Waals surface area contributed by atoms with Crippen LogP contribution in [0, 0.1) is 0 Å². The predicted molar refractivity (Wildman–Crippen MR) is 252 cm³/mol. The van der Waals surface area contributed by atoms with Crippen LogP contribution in [0.4, 0.5) is 0 Å². The van der Waals surface area contributed by atoms with Crippen LogP contribution in [-0.2, 0) is 23.7 Å². The second kappa shape index (κ2) is 43.7. The molecule has 0 spiro atoms. The van der Waals surface area contributed by atoms with Gasteiger partial charge in [0.2, 0.25) is 0 Å². The van der Waals surface area contributed by atoms with E-state index in [9.17, 15) is 25.2 Å². The van der Waals surface area contributed by atoms with Crippen LogP contribution in [0.15, 0.2) is 36.5 Å². The molecular formula is C52H96O9. The molecule has 4 N–H and O–H groups in total. The SMILES string of the molecule is CCCCCC/C=C\C/C=C\CCCCCCCCOCC(COC1OC(CO)C(O)C(O)C1O)OC(=O)CCCCCCCCCCC/C=C\CCCCCCCCCC. The number of carbonyl (C=O) groups is 1. The van der Waals surface area contributed by atoms with Crippen molar-refractivity contribution in [3.63, 3.8) is 0 Å². The number of aliphatic hydroxyl groups is 4. The van der Waals surface area contributed by atoms with E-state index in [1.54, 1.807) is 0 Å². The van der Waals surface area contributed by atoms with Gasteiger partial charge in [-0.25, -0.2) is 0 Å². The van der Waals surface area contributed by atoms with Gasteiger partial charge < -0.3 is 39.4 Å². The minimum atomic E-state index is -1.54. The molecule has 9 nitrogen and oxygen atoms in total. The van der Waals surface area contributed by atoms with Gasteiger partial charge in [0.15, 0.2) is 6.29 Å². The van der Waals surface area contributed by atoms with Gasteiger partial charge in [-0.2, -0.15) is 0 Å². The highest BCUT2D eigenvalue weighted by Crippen LogP contribution is 2.23. The Hall–Kier alpha value is -1.59. The largest absolute Gasteiger partial charge is 0.457 e. The van der Waals surface area contributed by atoms with Crippen LogP contribution >= 0.6 is 0 Å². The van der Waals surface area contributed by atoms with Crippen molar-refractivity contribution < 1.29 is 44.2 Å². The van der Waals surface area contributed by atoms with Crippen LogP contribution in [0.5, 0.6) is 0 Å². The third-order valence-corrected chi connectivity index (χ3v) is 11.8. The topological polar surface area (TPSA) is 135 Å². The zero-order valence-corrected chi connectivity index (χ0v) is 39.4. The number of aliphatic hydroxyl groups excluding tert-OH is 4. The Morgan fingerprint density at radius 2 is 0.951 bits per heavy atom. The number of unbranched alkanes of at least 4 members (excludes halogenated alkanes) is 27. The Morgan fingerprint density at radius 1 is 0.525 bits per heavy atom. The van der Waals surface area contributed by atoms with Crippen molar-refractivity contribution in [1.82, 2.24) is 0 Å². The maximum Gasteiger partial charge on any atom is 0.306 e. The van der Waals surface area contributed by atoms with E-state index < -0.39 is 43.4 Å². The molecule has 1 aliphatic heterocycles. The lowest BCUT2D eigenvalue weighted by molar-refractivity contribution is -0.305. The summed E-state index contributed by atoms with van der Waals surface area (Å²) in [7, 11) is 0. The van der Waals surface area contributed by atoms with E-state index in [0.29, 0.717) is 13.0 Å². The van der Waals surface area contributed by atoms with Crippen LogP contribution < -0.4 is 0 Å². The van der Waals surface area contributed by atoms with Crippen LogP contribution in [0.2, 0.25) is 0 Å². The number of allylic oxidation sites excluding steroid dienone is 6. The summed E-state index contributed by atoms with van der Waals surface area (Å²) in [4.78, 5) is 12.8. The van der Waals surface area contributed by atoms with E-state index >= 15 is 0 Å². The molecule has 0 bridgehead atoms. The van der Waals surface area contributed by atoms with Gasteiger partial charge in [-0.05, 0) is 70.6 Å². The first kappa shape index (κ1) is 57.4. The van der Waals surface area contributed by atoms with Crippen LogP contribution in [0.25, 0.3) is 0 Å². The average Bonchev–Trinajstić information content (AvgIpc) is 3.26. The van der Waals surface area contributed by atoms with Crippen molar-refractivity contribution in [3.8, 4) is 0 Å². The Labute approximate surface area is 374 Å². The lowest BCUT2D eigenvalue weighted by Gasteiger charge is -2.39. The molecule has 1 heterocycles. The van der Waals surface area contributed by atoms with Crippen molar-refractivity contribution >= 4 is 5.97 Å².